The Kier molecular flexibility index (Phi) is 4.00. The molecule has 0 radical (unpaired) electrons. The van der Waals surface area contributed by atoms with E-state index in [1.807, 2.05) is 62.3 Å². The topological polar surface area (TPSA) is 38.5 Å². The number of nitrogens with zero attached hydrogens (tertiary/aromatic N) is 1. The monoisotopic (exact) mass is 320 g/mol. The Morgan fingerprint density at radius 3 is 2.58 bits per heavy atom. The predicted octanol–water partition coefficient (Wildman–Crippen LogP) is 4.20. The van der Waals surface area contributed by atoms with Gasteiger partial charge in [0.15, 0.2) is 0 Å². The van der Waals surface area contributed by atoms with Crippen LogP contribution in [0.15, 0.2) is 40.9 Å². The molecular formula is C15H17BrN2O. The highest BCUT2D eigenvalue weighted by atomic mass is 79.9. The molecule has 0 fully saturated rings. The highest BCUT2D eigenvalue weighted by Crippen LogP contribution is 2.34. The first kappa shape index (κ1) is 13.7. The third kappa shape index (κ3) is 3.20. The van der Waals surface area contributed by atoms with Crippen LogP contribution in [-0.4, -0.2) is 14.1 Å². The maximum absolute atomic E-state index is 5.91. The van der Waals surface area contributed by atoms with E-state index in [1.54, 1.807) is 0 Å². The van der Waals surface area contributed by atoms with Crippen molar-refractivity contribution in [1.29, 1.82) is 0 Å². The summed E-state index contributed by atoms with van der Waals surface area (Å²) < 4.78 is 6.76. The van der Waals surface area contributed by atoms with Crippen molar-refractivity contribution < 1.29 is 4.74 Å². The molecule has 0 spiro atoms. The van der Waals surface area contributed by atoms with Crippen LogP contribution < -0.4 is 15.4 Å². The standard InChI is InChI=1S/C15H17BrN2O/c1-10-7-15(13(16)9-14(10)17)19-12-6-4-5-11(8-12)18(2)3/h4-9H,17H2,1-3H3. The largest absolute Gasteiger partial charge is 0.456 e. The van der Waals surface area contributed by atoms with E-state index in [4.69, 9.17) is 10.5 Å². The number of hydrogen-bond acceptors (Lipinski definition) is 3. The number of benzene rings is 2. The quantitative estimate of drug-likeness (QED) is 0.861. The van der Waals surface area contributed by atoms with E-state index in [0.29, 0.717) is 0 Å². The van der Waals surface area contributed by atoms with Gasteiger partial charge in [-0.2, -0.15) is 0 Å². The molecule has 4 heteroatoms. The van der Waals surface area contributed by atoms with Gasteiger partial charge in [0.2, 0.25) is 0 Å². The van der Waals surface area contributed by atoms with Crippen molar-refractivity contribution in [1.82, 2.24) is 0 Å². The normalized spacial score (nSPS) is 10.3. The number of halogens is 1. The summed E-state index contributed by atoms with van der Waals surface area (Å²) in [6, 6.07) is 11.7. The minimum atomic E-state index is 0.751. The molecule has 0 unspecified atom stereocenters. The van der Waals surface area contributed by atoms with Gasteiger partial charge in [0.05, 0.1) is 4.47 Å². The first-order valence-electron chi connectivity index (χ1n) is 5.98. The highest BCUT2D eigenvalue weighted by Gasteiger charge is 2.07. The zero-order valence-electron chi connectivity index (χ0n) is 11.3. The zero-order chi connectivity index (χ0) is 14.0. The van der Waals surface area contributed by atoms with Crippen molar-refractivity contribution in [2.24, 2.45) is 0 Å². The van der Waals surface area contributed by atoms with Crippen LogP contribution >= 0.6 is 15.9 Å². The molecule has 3 nitrogen and oxygen atoms in total. The number of hydrogen-bond donors (Lipinski definition) is 1. The van der Waals surface area contributed by atoms with Crippen LogP contribution in [0, 0.1) is 6.92 Å². The van der Waals surface area contributed by atoms with Crippen LogP contribution in [0.5, 0.6) is 11.5 Å². The first-order chi connectivity index (χ1) is 8.97. The van der Waals surface area contributed by atoms with Crippen LogP contribution in [0.4, 0.5) is 11.4 Å². The van der Waals surface area contributed by atoms with Gasteiger partial charge in [-0.15, -0.1) is 0 Å². The lowest BCUT2D eigenvalue weighted by atomic mass is 10.2. The number of anilines is 2. The van der Waals surface area contributed by atoms with Crippen LogP contribution in [0.25, 0.3) is 0 Å². The zero-order valence-corrected chi connectivity index (χ0v) is 12.9. The second kappa shape index (κ2) is 5.53. The van der Waals surface area contributed by atoms with Gasteiger partial charge in [-0.25, -0.2) is 0 Å². The Hall–Kier alpha value is -1.68. The maximum Gasteiger partial charge on any atom is 0.142 e. The Morgan fingerprint density at radius 1 is 1.16 bits per heavy atom. The minimum absolute atomic E-state index is 0.751. The van der Waals surface area contributed by atoms with Gasteiger partial charge in [0.1, 0.15) is 11.5 Å². The molecule has 100 valence electrons. The Morgan fingerprint density at radius 2 is 1.89 bits per heavy atom. The van der Waals surface area contributed by atoms with E-state index in [0.717, 1.165) is 32.9 Å². The molecule has 19 heavy (non-hydrogen) atoms. The lowest BCUT2D eigenvalue weighted by Crippen LogP contribution is -2.08. The van der Waals surface area contributed by atoms with E-state index < -0.39 is 0 Å². The third-order valence-electron chi connectivity index (χ3n) is 2.88. The molecule has 0 atom stereocenters. The fourth-order valence-corrected chi connectivity index (χ4v) is 2.14. The molecular weight excluding hydrogens is 304 g/mol. The number of aryl methyl sites for hydroxylation is 1. The van der Waals surface area contributed by atoms with Gasteiger partial charge in [-0.3, -0.25) is 0 Å². The van der Waals surface area contributed by atoms with Crippen LogP contribution in [-0.2, 0) is 0 Å². The van der Waals surface area contributed by atoms with E-state index >= 15 is 0 Å². The summed E-state index contributed by atoms with van der Waals surface area (Å²) in [6.45, 7) is 1.96. The molecule has 0 aromatic heterocycles. The predicted molar refractivity (Wildman–Crippen MR) is 84.1 cm³/mol. The third-order valence-corrected chi connectivity index (χ3v) is 3.50. The second-order valence-electron chi connectivity index (χ2n) is 4.63. The Balaban J connectivity index is 2.31. The average Bonchev–Trinajstić information content (AvgIpc) is 2.36. The molecule has 0 bridgehead atoms. The van der Waals surface area contributed by atoms with Crippen molar-refractivity contribution in [3.63, 3.8) is 0 Å². The van der Waals surface area contributed by atoms with Crippen LogP contribution in [0.3, 0.4) is 0 Å². The van der Waals surface area contributed by atoms with Gasteiger partial charge in [-0.05, 0) is 52.7 Å². The lowest BCUT2D eigenvalue weighted by Gasteiger charge is -2.15. The number of ether oxygens (including phenoxy) is 1. The summed E-state index contributed by atoms with van der Waals surface area (Å²) in [6.07, 6.45) is 0. The van der Waals surface area contributed by atoms with Crippen molar-refractivity contribution in [2.75, 3.05) is 24.7 Å². The van der Waals surface area contributed by atoms with Gasteiger partial charge in [0.25, 0.3) is 0 Å². The van der Waals surface area contributed by atoms with Gasteiger partial charge >= 0.3 is 0 Å². The van der Waals surface area contributed by atoms with Crippen molar-refractivity contribution in [2.45, 2.75) is 6.92 Å². The fraction of sp³-hybridized carbons (Fsp3) is 0.200. The lowest BCUT2D eigenvalue weighted by molar-refractivity contribution is 0.479. The second-order valence-corrected chi connectivity index (χ2v) is 5.49. The highest BCUT2D eigenvalue weighted by molar-refractivity contribution is 9.10. The molecule has 0 aliphatic heterocycles. The number of rotatable bonds is 3. The summed E-state index contributed by atoms with van der Waals surface area (Å²) in [4.78, 5) is 2.04. The molecule has 0 amide bonds. The molecule has 0 saturated carbocycles. The number of nitrogens with two attached hydrogens (primary N) is 1. The minimum Gasteiger partial charge on any atom is -0.456 e. The van der Waals surface area contributed by atoms with Crippen LogP contribution in [0.2, 0.25) is 0 Å². The van der Waals surface area contributed by atoms with Gasteiger partial charge < -0.3 is 15.4 Å². The summed E-state index contributed by atoms with van der Waals surface area (Å²) in [5.41, 5.74) is 8.71. The summed E-state index contributed by atoms with van der Waals surface area (Å²) in [7, 11) is 4.00. The molecule has 0 aliphatic carbocycles. The molecule has 2 N–H and O–H groups in total. The summed E-state index contributed by atoms with van der Waals surface area (Å²) in [5.74, 6) is 1.57. The molecule has 0 heterocycles. The van der Waals surface area contributed by atoms with Gasteiger partial charge in [0, 0.05) is 31.5 Å². The summed E-state index contributed by atoms with van der Waals surface area (Å²) in [5, 5.41) is 0. The molecule has 2 rings (SSSR count). The van der Waals surface area contributed by atoms with Crippen molar-refractivity contribution >= 4 is 27.3 Å². The number of nitrogen functional groups attached to an aromatic ring is 1. The Labute approximate surface area is 122 Å². The molecule has 0 aliphatic rings. The smallest absolute Gasteiger partial charge is 0.142 e. The molecule has 2 aromatic carbocycles. The average molecular weight is 321 g/mol. The fourth-order valence-electron chi connectivity index (χ4n) is 1.70. The first-order valence-corrected chi connectivity index (χ1v) is 6.77. The van der Waals surface area contributed by atoms with Crippen molar-refractivity contribution in [3.8, 4) is 11.5 Å². The van der Waals surface area contributed by atoms with Gasteiger partial charge in [-0.1, -0.05) is 6.07 Å². The van der Waals surface area contributed by atoms with Crippen molar-refractivity contribution in [3.05, 3.63) is 46.4 Å². The van der Waals surface area contributed by atoms with E-state index in [9.17, 15) is 0 Å². The summed E-state index contributed by atoms with van der Waals surface area (Å²) >= 11 is 3.47. The maximum atomic E-state index is 5.91. The molecule has 0 saturated heterocycles. The van der Waals surface area contributed by atoms with Crippen LogP contribution in [0.1, 0.15) is 5.56 Å². The SMILES string of the molecule is Cc1cc(Oc2cccc(N(C)C)c2)c(Br)cc1N. The molecule has 2 aromatic rings. The van der Waals surface area contributed by atoms with E-state index in [1.165, 1.54) is 0 Å². The van der Waals surface area contributed by atoms with E-state index in [2.05, 4.69) is 15.9 Å². The Bertz CT molecular complexity index is 597. The van der Waals surface area contributed by atoms with E-state index in [-0.39, 0.29) is 0 Å².